The predicted molar refractivity (Wildman–Crippen MR) is 137 cm³/mol. The van der Waals surface area contributed by atoms with Gasteiger partial charge in [-0.2, -0.15) is 0 Å². The highest BCUT2D eigenvalue weighted by Crippen LogP contribution is 2.13. The first-order valence-electron chi connectivity index (χ1n) is 11.4. The van der Waals surface area contributed by atoms with Crippen molar-refractivity contribution in [2.75, 3.05) is 34.3 Å². The molecule has 2 fully saturated rings. The van der Waals surface area contributed by atoms with Gasteiger partial charge in [-0.3, -0.25) is 19.4 Å². The Balaban J connectivity index is -0.000000362. The fourth-order valence-electron chi connectivity index (χ4n) is 3.16. The molecule has 1 aromatic carbocycles. The molecule has 2 heterocycles. The van der Waals surface area contributed by atoms with Crippen LogP contribution < -0.4 is 11.5 Å². The van der Waals surface area contributed by atoms with Crippen LogP contribution in [0, 0.1) is 6.92 Å². The normalized spacial score (nSPS) is 18.4. The highest BCUT2D eigenvalue weighted by molar-refractivity contribution is 5.80. The van der Waals surface area contributed by atoms with E-state index in [9.17, 15) is 14.4 Å². The van der Waals surface area contributed by atoms with E-state index in [1.165, 1.54) is 12.0 Å². The van der Waals surface area contributed by atoms with Gasteiger partial charge in [-0.25, -0.2) is 0 Å². The summed E-state index contributed by atoms with van der Waals surface area (Å²) in [6.07, 6.45) is 6.68. The Morgan fingerprint density at radius 1 is 1.03 bits per heavy atom. The number of aryl methyl sites for hydroxylation is 1. The van der Waals surface area contributed by atoms with E-state index in [1.807, 2.05) is 50.9 Å². The Labute approximate surface area is 205 Å². The summed E-state index contributed by atoms with van der Waals surface area (Å²) < 4.78 is 0. The molecule has 0 radical (unpaired) electrons. The number of rotatable bonds is 4. The molecule has 2 unspecified atom stereocenters. The summed E-state index contributed by atoms with van der Waals surface area (Å²) >= 11 is 0. The molecule has 9 heteroatoms. The number of hydrogen-bond acceptors (Lipinski definition) is 7. The molecule has 9 nitrogen and oxygen atoms in total. The number of aliphatic hydroxyl groups is 1. The number of nitrogens with zero attached hydrogens (tertiary/aromatic N) is 2. The van der Waals surface area contributed by atoms with E-state index < -0.39 is 0 Å². The molecule has 3 rings (SSSR count). The van der Waals surface area contributed by atoms with Crippen LogP contribution >= 0.6 is 0 Å². The van der Waals surface area contributed by atoms with Gasteiger partial charge in [0.05, 0.1) is 12.1 Å². The smallest absolute Gasteiger partial charge is 0.234 e. The average Bonchev–Trinajstić information content (AvgIpc) is 3.46. The molecular weight excluding hydrogens is 436 g/mol. The summed E-state index contributed by atoms with van der Waals surface area (Å²) in [6, 6.07) is 10.5. The second kappa shape index (κ2) is 25.0. The van der Waals surface area contributed by atoms with Crippen molar-refractivity contribution < 1.29 is 24.3 Å². The zero-order valence-corrected chi connectivity index (χ0v) is 21.6. The molecule has 2 aliphatic rings. The average molecular weight is 483 g/mol. The second-order valence-corrected chi connectivity index (χ2v) is 7.74. The number of carbonyl (C=O) groups is 4. The topological polar surface area (TPSA) is 147 Å². The van der Waals surface area contributed by atoms with Gasteiger partial charge in [0.1, 0.15) is 13.1 Å². The van der Waals surface area contributed by atoms with Crippen LogP contribution in [0.4, 0.5) is 0 Å². The number of amides is 2. The Morgan fingerprint density at radius 3 is 1.71 bits per heavy atom. The van der Waals surface area contributed by atoms with Gasteiger partial charge in [-0.15, -0.1) is 0 Å². The lowest BCUT2D eigenvalue weighted by molar-refractivity contribution is -0.122. The van der Waals surface area contributed by atoms with Gasteiger partial charge in [-0.1, -0.05) is 42.8 Å². The van der Waals surface area contributed by atoms with E-state index in [0.29, 0.717) is 6.42 Å². The number of aliphatic hydroxyl groups excluding tert-OH is 1. The number of aldehydes is 1. The first-order valence-corrected chi connectivity index (χ1v) is 11.4. The molecule has 34 heavy (non-hydrogen) atoms. The summed E-state index contributed by atoms with van der Waals surface area (Å²) in [7, 11) is 4.93. The van der Waals surface area contributed by atoms with Crippen molar-refractivity contribution in [3.05, 3.63) is 35.9 Å². The molecule has 0 aromatic heterocycles. The van der Waals surface area contributed by atoms with Crippen molar-refractivity contribution in [1.29, 1.82) is 0 Å². The van der Waals surface area contributed by atoms with Crippen LogP contribution in [0.25, 0.3) is 0 Å². The summed E-state index contributed by atoms with van der Waals surface area (Å²) in [5, 5.41) is 7.00. The molecule has 0 bridgehead atoms. The molecule has 2 aliphatic heterocycles. The summed E-state index contributed by atoms with van der Waals surface area (Å²) in [6.45, 7) is 8.10. The maximum absolute atomic E-state index is 10.6. The fourth-order valence-corrected chi connectivity index (χ4v) is 3.16. The zero-order chi connectivity index (χ0) is 26.9. The Bertz CT molecular complexity index is 631. The lowest BCUT2D eigenvalue weighted by Gasteiger charge is -2.14. The van der Waals surface area contributed by atoms with Crippen molar-refractivity contribution in [2.24, 2.45) is 11.5 Å². The van der Waals surface area contributed by atoms with Gasteiger partial charge in [0.25, 0.3) is 0 Å². The minimum atomic E-state index is -0.211. The molecule has 0 spiro atoms. The minimum Gasteiger partial charge on any atom is -0.400 e. The lowest BCUT2D eigenvalue weighted by Crippen LogP contribution is -2.37. The van der Waals surface area contributed by atoms with Gasteiger partial charge in [0, 0.05) is 13.5 Å². The number of nitrogens with two attached hydrogens (primary N) is 2. The molecule has 0 aliphatic carbocycles. The van der Waals surface area contributed by atoms with Crippen LogP contribution in [-0.2, 0) is 19.2 Å². The van der Waals surface area contributed by atoms with Crippen LogP contribution in [-0.4, -0.2) is 86.2 Å². The first kappa shape index (κ1) is 36.0. The van der Waals surface area contributed by atoms with E-state index in [0.717, 1.165) is 52.2 Å². The largest absolute Gasteiger partial charge is 0.400 e. The predicted octanol–water partition coefficient (Wildman–Crippen LogP) is 1.54. The quantitative estimate of drug-likeness (QED) is 0.551. The molecule has 2 saturated heterocycles. The standard InChI is InChI=1S/C7H8.C6H12N2O.C6H11NO.C4H9NO.CH4O.CH2O/c1-7-5-3-2-4-6-7;1-8-4-2-3-5(8)6(7)9;1-7-4-2-3-6(7)5-8;1-2-3-4(5)6;2*1-2/h2-6H,1H3;5H,2-4H2,1H3,(H2,7,9);5-6H,2-4H2,1H3;2-3H2,1H3,(H2,5,6);2H,1H3;1H2. The molecule has 1 aromatic rings. The van der Waals surface area contributed by atoms with Crippen molar-refractivity contribution in [3.8, 4) is 0 Å². The van der Waals surface area contributed by atoms with E-state index >= 15 is 0 Å². The van der Waals surface area contributed by atoms with Gasteiger partial charge in [0.15, 0.2) is 0 Å². The number of likely N-dealkylation sites (N-methyl/N-ethyl adjacent to an activating group) is 2. The van der Waals surface area contributed by atoms with E-state index in [4.69, 9.17) is 21.4 Å². The Morgan fingerprint density at radius 2 is 1.53 bits per heavy atom. The van der Waals surface area contributed by atoms with Crippen LogP contribution in [0.3, 0.4) is 0 Å². The summed E-state index contributed by atoms with van der Waals surface area (Å²) in [4.78, 5) is 42.7. The molecular formula is C25H46N4O5. The van der Waals surface area contributed by atoms with Crippen LogP contribution in [0.2, 0.25) is 0 Å². The fraction of sp³-hybridized carbons (Fsp3) is 0.600. The zero-order valence-electron chi connectivity index (χ0n) is 21.6. The summed E-state index contributed by atoms with van der Waals surface area (Å²) in [5.41, 5.74) is 11.2. The molecule has 2 amide bonds. The first-order chi connectivity index (χ1) is 16.2. The number of benzene rings is 1. The maximum atomic E-state index is 10.6. The van der Waals surface area contributed by atoms with Crippen molar-refractivity contribution in [1.82, 2.24) is 9.80 Å². The Hall–Kier alpha value is -2.62. The van der Waals surface area contributed by atoms with Crippen LogP contribution in [0.15, 0.2) is 30.3 Å². The van der Waals surface area contributed by atoms with E-state index in [-0.39, 0.29) is 23.9 Å². The van der Waals surface area contributed by atoms with Crippen molar-refractivity contribution in [3.63, 3.8) is 0 Å². The maximum Gasteiger partial charge on any atom is 0.234 e. The summed E-state index contributed by atoms with van der Waals surface area (Å²) in [5.74, 6) is -0.396. The molecule has 196 valence electrons. The third-order valence-corrected chi connectivity index (χ3v) is 5.02. The monoisotopic (exact) mass is 482 g/mol. The minimum absolute atomic E-state index is 0.00463. The third kappa shape index (κ3) is 20.0. The highest BCUT2D eigenvalue weighted by atomic mass is 16.2. The van der Waals surface area contributed by atoms with E-state index in [2.05, 4.69) is 24.0 Å². The van der Waals surface area contributed by atoms with E-state index in [1.54, 1.807) is 0 Å². The van der Waals surface area contributed by atoms with Crippen LogP contribution in [0.5, 0.6) is 0 Å². The highest BCUT2D eigenvalue weighted by Gasteiger charge is 2.25. The number of likely N-dealkylation sites (tertiary alicyclic amines) is 2. The number of carbonyl (C=O) groups excluding carboxylic acids is 4. The molecule has 0 saturated carbocycles. The second-order valence-electron chi connectivity index (χ2n) is 7.74. The SMILES string of the molecule is C=O.CCCC(N)=O.CN1CCCC1C(N)=O.CN1CCCC1C=O.CO.Cc1ccccc1. The third-order valence-electron chi connectivity index (χ3n) is 5.02. The van der Waals surface area contributed by atoms with Gasteiger partial charge in [-0.05, 0) is 66.2 Å². The Kier molecular flexibility index (Phi) is 26.5. The molecule has 2 atom stereocenters. The van der Waals surface area contributed by atoms with Crippen LogP contribution in [0.1, 0.15) is 51.0 Å². The number of hydrogen-bond donors (Lipinski definition) is 3. The van der Waals surface area contributed by atoms with Crippen molar-refractivity contribution in [2.45, 2.75) is 64.5 Å². The number of primary amides is 2. The van der Waals surface area contributed by atoms with Gasteiger partial charge in [0.2, 0.25) is 11.8 Å². The lowest BCUT2D eigenvalue weighted by atomic mass is 10.2. The molecule has 5 N–H and O–H groups in total. The van der Waals surface area contributed by atoms with Gasteiger partial charge < -0.3 is 26.2 Å². The van der Waals surface area contributed by atoms with Crippen molar-refractivity contribution >= 4 is 24.9 Å². The van der Waals surface area contributed by atoms with Gasteiger partial charge >= 0.3 is 0 Å².